The number of halogens is 6. The molecule has 0 aromatic carbocycles. The molecule has 1 N–H and O–H groups in total. The van der Waals surface area contributed by atoms with Gasteiger partial charge < -0.3 is 5.11 Å². The Hall–Kier alpha value is -0.460. The van der Waals surface area contributed by atoms with Crippen LogP contribution in [0.25, 0.3) is 0 Å². The van der Waals surface area contributed by atoms with Crippen LogP contribution in [-0.4, -0.2) is 23.1 Å². The summed E-state index contributed by atoms with van der Waals surface area (Å²) < 4.78 is 79.6. The lowest BCUT2D eigenvalue weighted by molar-refractivity contribution is -0.420. The number of alkyl halides is 6. The molecular weight excluding hydrogens is 298 g/mol. The molecule has 0 aliphatic heterocycles. The zero-order valence-electron chi connectivity index (χ0n) is 11.6. The molecule has 4 aliphatic carbocycles. The second kappa shape index (κ2) is 3.89. The van der Waals surface area contributed by atoms with Gasteiger partial charge in [-0.2, -0.15) is 26.3 Å². The lowest BCUT2D eigenvalue weighted by Crippen LogP contribution is -2.71. The van der Waals surface area contributed by atoms with Gasteiger partial charge >= 0.3 is 12.4 Å². The molecule has 2 unspecified atom stereocenters. The number of rotatable bonds is 1. The maximum Gasteiger partial charge on any atom is 0.426 e. The van der Waals surface area contributed by atoms with Gasteiger partial charge in [-0.05, 0) is 55.8 Å². The first kappa shape index (κ1) is 15.4. The molecule has 1 nitrogen and oxygen atoms in total. The van der Waals surface area contributed by atoms with E-state index in [1.54, 1.807) is 6.92 Å². The van der Waals surface area contributed by atoms with Crippen LogP contribution in [0.15, 0.2) is 0 Å². The van der Waals surface area contributed by atoms with Crippen LogP contribution in [0, 0.1) is 22.7 Å². The van der Waals surface area contributed by atoms with Gasteiger partial charge in [-0.25, -0.2) is 0 Å². The molecule has 0 aromatic rings. The van der Waals surface area contributed by atoms with E-state index in [4.69, 9.17) is 0 Å². The molecule has 4 bridgehead atoms. The Labute approximate surface area is 118 Å². The highest BCUT2D eigenvalue weighted by Crippen LogP contribution is 2.72. The van der Waals surface area contributed by atoms with E-state index >= 15 is 0 Å². The van der Waals surface area contributed by atoms with E-state index in [0.717, 1.165) is 0 Å². The summed E-state index contributed by atoms with van der Waals surface area (Å²) in [6.07, 6.45) is -9.89. The summed E-state index contributed by atoms with van der Waals surface area (Å²) in [4.78, 5) is 0. The Morgan fingerprint density at radius 3 is 1.62 bits per heavy atom. The van der Waals surface area contributed by atoms with E-state index in [2.05, 4.69) is 0 Å². The first-order valence-corrected chi connectivity index (χ1v) is 7.18. The van der Waals surface area contributed by atoms with E-state index in [1.807, 2.05) is 0 Å². The van der Waals surface area contributed by atoms with Crippen LogP contribution < -0.4 is 0 Å². The van der Waals surface area contributed by atoms with Crippen LogP contribution in [0.1, 0.15) is 45.4 Å². The highest BCUT2D eigenvalue weighted by atomic mass is 19.4. The Morgan fingerprint density at radius 1 is 0.857 bits per heavy atom. The maximum absolute atomic E-state index is 13.3. The van der Waals surface area contributed by atoms with E-state index in [-0.39, 0.29) is 31.1 Å². The molecule has 0 aromatic heterocycles. The van der Waals surface area contributed by atoms with Crippen LogP contribution in [0.2, 0.25) is 0 Å². The van der Waals surface area contributed by atoms with Crippen molar-refractivity contribution in [3.8, 4) is 0 Å². The highest BCUT2D eigenvalue weighted by Gasteiger charge is 2.81. The molecule has 4 rings (SSSR count). The molecule has 0 heterocycles. The monoisotopic (exact) mass is 316 g/mol. The van der Waals surface area contributed by atoms with Crippen molar-refractivity contribution in [3.05, 3.63) is 0 Å². The first-order valence-electron chi connectivity index (χ1n) is 7.18. The van der Waals surface area contributed by atoms with Gasteiger partial charge in [0, 0.05) is 5.41 Å². The molecule has 4 saturated carbocycles. The van der Waals surface area contributed by atoms with Gasteiger partial charge in [0.1, 0.15) is 0 Å². The standard InChI is InChI=1S/C14H18F6O/c1-10-3-8-2-9(4-10)6-11(5-8,7-10)12(21,13(15,16)17)14(18,19)20/h8-9,21H,2-7H2,1H3. The molecule has 4 fully saturated rings. The van der Waals surface area contributed by atoms with Crippen molar-refractivity contribution in [3.63, 3.8) is 0 Å². The summed E-state index contributed by atoms with van der Waals surface area (Å²) >= 11 is 0. The number of hydrogen-bond donors (Lipinski definition) is 1. The second-order valence-electron chi connectivity index (χ2n) is 7.76. The van der Waals surface area contributed by atoms with Crippen LogP contribution in [0.4, 0.5) is 26.3 Å². The summed E-state index contributed by atoms with van der Waals surface area (Å²) in [7, 11) is 0. The third-order valence-electron chi connectivity index (χ3n) is 5.94. The van der Waals surface area contributed by atoms with Crippen molar-refractivity contribution in [1.29, 1.82) is 0 Å². The highest BCUT2D eigenvalue weighted by molar-refractivity contribution is 5.17. The Balaban J connectivity index is 2.12. The fraction of sp³-hybridized carbons (Fsp3) is 1.00. The van der Waals surface area contributed by atoms with Gasteiger partial charge in [0.15, 0.2) is 0 Å². The first-order chi connectivity index (χ1) is 9.32. The second-order valence-corrected chi connectivity index (χ2v) is 7.76. The summed E-state index contributed by atoms with van der Waals surface area (Å²) in [5.74, 6) is -0.264. The third-order valence-corrected chi connectivity index (χ3v) is 5.94. The molecule has 7 heteroatoms. The van der Waals surface area contributed by atoms with Crippen molar-refractivity contribution in [2.24, 2.45) is 22.7 Å². The predicted octanol–water partition coefficient (Wildman–Crippen LogP) is 4.45. The van der Waals surface area contributed by atoms with Crippen molar-refractivity contribution in [2.75, 3.05) is 0 Å². The fourth-order valence-corrected chi connectivity index (χ4v) is 5.91. The lowest BCUT2D eigenvalue weighted by Gasteiger charge is -2.65. The number of aliphatic hydroxyl groups is 1. The summed E-state index contributed by atoms with van der Waals surface area (Å²) in [5.41, 5.74) is -7.21. The molecule has 0 spiro atoms. The molecular formula is C14H18F6O. The normalized spacial score (nSPS) is 43.4. The summed E-state index contributed by atoms with van der Waals surface area (Å²) in [6, 6.07) is 0. The minimum absolute atomic E-state index is 0.132. The smallest absolute Gasteiger partial charge is 0.373 e. The molecule has 2 atom stereocenters. The third kappa shape index (κ3) is 1.88. The van der Waals surface area contributed by atoms with Crippen LogP contribution in [0.5, 0.6) is 0 Å². The zero-order chi connectivity index (χ0) is 15.9. The van der Waals surface area contributed by atoms with E-state index < -0.39 is 28.8 Å². The predicted molar refractivity (Wildman–Crippen MR) is 62.3 cm³/mol. The maximum atomic E-state index is 13.3. The molecule has 0 amide bonds. The average molecular weight is 316 g/mol. The van der Waals surface area contributed by atoms with Crippen molar-refractivity contribution >= 4 is 0 Å². The van der Waals surface area contributed by atoms with E-state index in [1.165, 1.54) is 0 Å². The topological polar surface area (TPSA) is 20.2 Å². The summed E-state index contributed by atoms with van der Waals surface area (Å²) in [5, 5.41) is 9.91. The Kier molecular flexibility index (Phi) is 2.86. The van der Waals surface area contributed by atoms with Crippen molar-refractivity contribution in [2.45, 2.75) is 63.4 Å². The molecule has 21 heavy (non-hydrogen) atoms. The molecule has 4 aliphatic rings. The molecule has 122 valence electrons. The van der Waals surface area contributed by atoms with Crippen LogP contribution in [-0.2, 0) is 0 Å². The molecule has 0 radical (unpaired) electrons. The van der Waals surface area contributed by atoms with Gasteiger partial charge in [0.25, 0.3) is 5.60 Å². The SMILES string of the molecule is CC12CC3CC(C1)CC(C(O)(C(F)(F)F)C(F)(F)F)(C3)C2. The van der Waals surface area contributed by atoms with Gasteiger partial charge in [-0.1, -0.05) is 6.92 Å². The van der Waals surface area contributed by atoms with Crippen LogP contribution >= 0.6 is 0 Å². The Bertz CT molecular complexity index is 423. The van der Waals surface area contributed by atoms with E-state index in [9.17, 15) is 31.4 Å². The van der Waals surface area contributed by atoms with Crippen molar-refractivity contribution < 1.29 is 31.4 Å². The minimum atomic E-state index is -5.70. The molecule has 0 saturated heterocycles. The van der Waals surface area contributed by atoms with E-state index in [0.29, 0.717) is 19.3 Å². The average Bonchev–Trinajstić information content (AvgIpc) is 2.20. The van der Waals surface area contributed by atoms with Crippen LogP contribution in [0.3, 0.4) is 0 Å². The van der Waals surface area contributed by atoms with Gasteiger partial charge in [0.2, 0.25) is 0 Å². The largest absolute Gasteiger partial charge is 0.426 e. The van der Waals surface area contributed by atoms with Gasteiger partial charge in [-0.3, -0.25) is 0 Å². The fourth-order valence-electron chi connectivity index (χ4n) is 5.91. The van der Waals surface area contributed by atoms with Gasteiger partial charge in [-0.15, -0.1) is 0 Å². The quantitative estimate of drug-likeness (QED) is 0.709. The lowest BCUT2D eigenvalue weighted by atomic mass is 9.41. The Morgan fingerprint density at radius 2 is 1.29 bits per heavy atom. The van der Waals surface area contributed by atoms with Crippen molar-refractivity contribution in [1.82, 2.24) is 0 Å². The number of hydrogen-bond acceptors (Lipinski definition) is 1. The zero-order valence-corrected chi connectivity index (χ0v) is 11.6. The summed E-state index contributed by atoms with van der Waals surface area (Å²) in [6.45, 7) is 1.77. The minimum Gasteiger partial charge on any atom is -0.373 e. The van der Waals surface area contributed by atoms with Gasteiger partial charge in [0.05, 0.1) is 0 Å².